The Kier molecular flexibility index (Phi) is 3.80. The van der Waals surface area contributed by atoms with Crippen LogP contribution in [0.4, 0.5) is 5.95 Å². The van der Waals surface area contributed by atoms with Crippen molar-refractivity contribution in [2.24, 2.45) is 0 Å². The molecule has 1 unspecified atom stereocenters. The van der Waals surface area contributed by atoms with Gasteiger partial charge < -0.3 is 14.5 Å². The van der Waals surface area contributed by atoms with Crippen LogP contribution in [0.25, 0.3) is 0 Å². The molecule has 2 heterocycles. The number of nitrogens with zero attached hydrogens (tertiary/aromatic N) is 4. The van der Waals surface area contributed by atoms with Crippen molar-refractivity contribution >= 4 is 5.95 Å². The Bertz CT molecular complexity index is 431. The van der Waals surface area contributed by atoms with E-state index in [1.165, 1.54) is 0 Å². The molecule has 0 amide bonds. The van der Waals surface area contributed by atoms with Crippen molar-refractivity contribution in [2.45, 2.75) is 39.4 Å². The van der Waals surface area contributed by atoms with E-state index in [1.54, 1.807) is 6.20 Å². The van der Waals surface area contributed by atoms with E-state index >= 15 is 0 Å². The summed E-state index contributed by atoms with van der Waals surface area (Å²) in [6, 6.07) is 0.321. The maximum Gasteiger partial charge on any atom is 0.203 e. The summed E-state index contributed by atoms with van der Waals surface area (Å²) in [5, 5.41) is 3.42. The highest BCUT2D eigenvalue weighted by Crippen LogP contribution is 2.07. The van der Waals surface area contributed by atoms with Crippen LogP contribution in [0.3, 0.4) is 0 Å². The lowest BCUT2D eigenvalue weighted by molar-refractivity contribution is 0.602. The van der Waals surface area contributed by atoms with Crippen LogP contribution in [-0.4, -0.2) is 25.1 Å². The van der Waals surface area contributed by atoms with E-state index < -0.39 is 0 Å². The monoisotopic (exact) mass is 233 g/mol. The molecule has 17 heavy (non-hydrogen) atoms. The smallest absolute Gasteiger partial charge is 0.203 e. The number of hydrogen-bond acceptors (Lipinski definition) is 3. The van der Waals surface area contributed by atoms with Crippen LogP contribution in [0.1, 0.15) is 20.3 Å². The number of imidazole rings is 2. The summed E-state index contributed by atoms with van der Waals surface area (Å²) in [7, 11) is 0. The fraction of sp³-hybridized carbons (Fsp3) is 0.500. The van der Waals surface area contributed by atoms with Crippen LogP contribution in [0, 0.1) is 0 Å². The van der Waals surface area contributed by atoms with Crippen molar-refractivity contribution in [3.05, 3.63) is 31.1 Å². The summed E-state index contributed by atoms with van der Waals surface area (Å²) >= 11 is 0. The highest BCUT2D eigenvalue weighted by Gasteiger charge is 2.07. The minimum absolute atomic E-state index is 0.321. The Morgan fingerprint density at radius 2 is 2.24 bits per heavy atom. The van der Waals surface area contributed by atoms with Gasteiger partial charge in [-0.1, -0.05) is 6.92 Å². The van der Waals surface area contributed by atoms with Crippen molar-refractivity contribution in [3.63, 3.8) is 0 Å². The molecule has 0 saturated heterocycles. The number of aryl methyl sites for hydroxylation is 1. The third-order valence-corrected chi connectivity index (χ3v) is 2.60. The number of aromatic nitrogens is 4. The van der Waals surface area contributed by atoms with Gasteiger partial charge in [-0.2, -0.15) is 0 Å². The summed E-state index contributed by atoms with van der Waals surface area (Å²) in [6.45, 7) is 6.20. The average molecular weight is 233 g/mol. The predicted octanol–water partition coefficient (Wildman–Crippen LogP) is 1.99. The summed E-state index contributed by atoms with van der Waals surface area (Å²) < 4.78 is 4.20. The van der Waals surface area contributed by atoms with E-state index in [0.717, 1.165) is 25.5 Å². The number of hydrogen-bond donors (Lipinski definition) is 1. The van der Waals surface area contributed by atoms with Crippen molar-refractivity contribution in [1.29, 1.82) is 0 Å². The molecule has 0 spiro atoms. The molecule has 1 N–H and O–H groups in total. The molecule has 2 rings (SSSR count). The minimum atomic E-state index is 0.321. The SMILES string of the molecule is CCCn1ccnc1NC(C)Cn1ccnc1. The highest BCUT2D eigenvalue weighted by molar-refractivity contribution is 5.27. The van der Waals surface area contributed by atoms with Gasteiger partial charge in [-0.25, -0.2) is 9.97 Å². The molecule has 0 aromatic carbocycles. The lowest BCUT2D eigenvalue weighted by Crippen LogP contribution is -2.23. The molecule has 0 bridgehead atoms. The normalized spacial score (nSPS) is 12.6. The maximum absolute atomic E-state index is 4.33. The third-order valence-electron chi connectivity index (χ3n) is 2.60. The molecular weight excluding hydrogens is 214 g/mol. The molecule has 2 aromatic heterocycles. The highest BCUT2D eigenvalue weighted by atomic mass is 15.2. The van der Waals surface area contributed by atoms with E-state index in [9.17, 15) is 0 Å². The van der Waals surface area contributed by atoms with E-state index in [4.69, 9.17) is 0 Å². The van der Waals surface area contributed by atoms with Crippen molar-refractivity contribution in [2.75, 3.05) is 5.32 Å². The first-order valence-corrected chi connectivity index (χ1v) is 6.03. The van der Waals surface area contributed by atoms with Gasteiger partial charge in [0.25, 0.3) is 0 Å². The minimum Gasteiger partial charge on any atom is -0.351 e. The molecule has 5 nitrogen and oxygen atoms in total. The van der Waals surface area contributed by atoms with E-state index in [-0.39, 0.29) is 0 Å². The van der Waals surface area contributed by atoms with Crippen LogP contribution >= 0.6 is 0 Å². The van der Waals surface area contributed by atoms with Gasteiger partial charge in [0.05, 0.1) is 6.33 Å². The molecular formula is C12H19N5. The lowest BCUT2D eigenvalue weighted by Gasteiger charge is -2.16. The predicted molar refractivity (Wildman–Crippen MR) is 67.8 cm³/mol. The molecule has 2 aromatic rings. The number of rotatable bonds is 6. The second-order valence-corrected chi connectivity index (χ2v) is 4.25. The van der Waals surface area contributed by atoms with Crippen LogP contribution in [-0.2, 0) is 13.1 Å². The zero-order chi connectivity index (χ0) is 12.1. The largest absolute Gasteiger partial charge is 0.351 e. The van der Waals surface area contributed by atoms with Gasteiger partial charge in [0.15, 0.2) is 0 Å². The van der Waals surface area contributed by atoms with Crippen molar-refractivity contribution < 1.29 is 0 Å². The molecule has 0 aliphatic heterocycles. The molecule has 0 fully saturated rings. The maximum atomic E-state index is 4.33. The van der Waals surface area contributed by atoms with Crippen molar-refractivity contribution in [3.8, 4) is 0 Å². The zero-order valence-electron chi connectivity index (χ0n) is 10.4. The second-order valence-electron chi connectivity index (χ2n) is 4.25. The summed E-state index contributed by atoms with van der Waals surface area (Å²) in [6.07, 6.45) is 10.6. The first-order valence-electron chi connectivity index (χ1n) is 6.03. The van der Waals surface area contributed by atoms with E-state index in [1.807, 2.05) is 24.9 Å². The zero-order valence-corrected chi connectivity index (χ0v) is 10.4. The second kappa shape index (κ2) is 5.52. The fourth-order valence-corrected chi connectivity index (χ4v) is 1.85. The van der Waals surface area contributed by atoms with Gasteiger partial charge in [-0.3, -0.25) is 0 Å². The van der Waals surface area contributed by atoms with E-state index in [2.05, 4.69) is 38.3 Å². The Balaban J connectivity index is 1.93. The van der Waals surface area contributed by atoms with Gasteiger partial charge in [-0.05, 0) is 13.3 Å². The topological polar surface area (TPSA) is 47.7 Å². The fourth-order valence-electron chi connectivity index (χ4n) is 1.85. The van der Waals surface area contributed by atoms with Gasteiger partial charge >= 0.3 is 0 Å². The molecule has 1 atom stereocenters. The van der Waals surface area contributed by atoms with Crippen LogP contribution in [0.5, 0.6) is 0 Å². The summed E-state index contributed by atoms with van der Waals surface area (Å²) in [5.74, 6) is 0.944. The van der Waals surface area contributed by atoms with Gasteiger partial charge in [-0.15, -0.1) is 0 Å². The Morgan fingerprint density at radius 3 is 2.94 bits per heavy atom. The average Bonchev–Trinajstić information content (AvgIpc) is 2.92. The number of nitrogens with one attached hydrogen (secondary N) is 1. The Morgan fingerprint density at radius 1 is 1.35 bits per heavy atom. The summed E-state index contributed by atoms with van der Waals surface area (Å²) in [4.78, 5) is 8.36. The quantitative estimate of drug-likeness (QED) is 0.830. The molecule has 0 aliphatic rings. The van der Waals surface area contributed by atoms with E-state index in [0.29, 0.717) is 6.04 Å². The van der Waals surface area contributed by atoms with Gasteiger partial charge in [0.1, 0.15) is 0 Å². The molecule has 0 saturated carbocycles. The number of anilines is 1. The van der Waals surface area contributed by atoms with Crippen molar-refractivity contribution in [1.82, 2.24) is 19.1 Å². The van der Waals surface area contributed by atoms with Gasteiger partial charge in [0.2, 0.25) is 5.95 Å². The molecule has 5 heteroatoms. The molecule has 92 valence electrons. The third kappa shape index (κ3) is 3.09. The van der Waals surface area contributed by atoms with Crippen LogP contribution in [0.2, 0.25) is 0 Å². The van der Waals surface area contributed by atoms with Crippen LogP contribution < -0.4 is 5.32 Å². The lowest BCUT2D eigenvalue weighted by atomic mass is 10.3. The summed E-state index contributed by atoms with van der Waals surface area (Å²) in [5.41, 5.74) is 0. The Hall–Kier alpha value is -1.78. The van der Waals surface area contributed by atoms with Crippen LogP contribution in [0.15, 0.2) is 31.1 Å². The molecule has 0 radical (unpaired) electrons. The first-order chi connectivity index (χ1) is 8.29. The van der Waals surface area contributed by atoms with Gasteiger partial charge in [0, 0.05) is 43.9 Å². The Labute approximate surface area is 102 Å². The first kappa shape index (κ1) is 11.7. The molecule has 0 aliphatic carbocycles. The standard InChI is InChI=1S/C12H19N5/c1-3-6-17-8-5-14-12(17)15-11(2)9-16-7-4-13-10-16/h4-5,7-8,10-11H,3,6,9H2,1-2H3,(H,14,15).